The van der Waals surface area contributed by atoms with Crippen molar-refractivity contribution in [2.24, 2.45) is 0 Å². The zero-order valence-corrected chi connectivity index (χ0v) is 11.5. The molecule has 1 saturated heterocycles. The Labute approximate surface area is 114 Å². The summed E-state index contributed by atoms with van der Waals surface area (Å²) in [6.45, 7) is 3.76. The quantitative estimate of drug-likeness (QED) is 0.847. The molecular weight excluding hydrogens is 242 g/mol. The van der Waals surface area contributed by atoms with Gasteiger partial charge in [0, 0.05) is 12.6 Å². The summed E-state index contributed by atoms with van der Waals surface area (Å²) in [5, 5.41) is 3.49. The van der Waals surface area contributed by atoms with Crippen LogP contribution in [0.2, 0.25) is 0 Å². The van der Waals surface area contributed by atoms with Crippen LogP contribution in [0.15, 0.2) is 24.3 Å². The summed E-state index contributed by atoms with van der Waals surface area (Å²) < 4.78 is 10.4. The normalized spacial score (nSPS) is 23.1. The summed E-state index contributed by atoms with van der Waals surface area (Å²) in [6, 6.07) is 7.90. The molecule has 1 aliphatic heterocycles. The van der Waals surface area contributed by atoms with Gasteiger partial charge in [0.05, 0.1) is 18.8 Å². The molecule has 1 N–H and O–H groups in total. The minimum Gasteiger partial charge on any atom is -0.465 e. The number of rotatable bonds is 4. The molecule has 2 atom stereocenters. The molecule has 0 unspecified atom stereocenters. The third kappa shape index (κ3) is 3.55. The smallest absolute Gasteiger partial charge is 0.337 e. The Morgan fingerprint density at radius 1 is 1.37 bits per heavy atom. The Morgan fingerprint density at radius 2 is 2.11 bits per heavy atom. The van der Waals surface area contributed by atoms with Gasteiger partial charge in [0.2, 0.25) is 0 Å². The van der Waals surface area contributed by atoms with Gasteiger partial charge in [0.15, 0.2) is 0 Å². The number of hydrogen-bond donors (Lipinski definition) is 1. The Morgan fingerprint density at radius 3 is 2.74 bits per heavy atom. The van der Waals surface area contributed by atoms with Gasteiger partial charge < -0.3 is 14.8 Å². The lowest BCUT2D eigenvalue weighted by Gasteiger charge is -2.30. The van der Waals surface area contributed by atoms with E-state index >= 15 is 0 Å². The molecule has 0 aliphatic carbocycles. The fourth-order valence-corrected chi connectivity index (χ4v) is 2.49. The molecule has 1 aliphatic rings. The first-order valence-electron chi connectivity index (χ1n) is 6.77. The maximum atomic E-state index is 11.4. The van der Waals surface area contributed by atoms with Gasteiger partial charge in [-0.25, -0.2) is 4.79 Å². The van der Waals surface area contributed by atoms with Crippen LogP contribution in [0, 0.1) is 0 Å². The molecule has 4 heteroatoms. The molecule has 2 rings (SSSR count). The number of nitrogens with one attached hydrogen (secondary N) is 1. The van der Waals surface area contributed by atoms with Crippen LogP contribution < -0.4 is 5.32 Å². The lowest BCUT2D eigenvalue weighted by atomic mass is 9.95. The lowest BCUT2D eigenvalue weighted by Crippen LogP contribution is -2.35. The molecule has 0 saturated carbocycles. The van der Waals surface area contributed by atoms with E-state index in [2.05, 4.69) is 5.32 Å². The molecule has 1 aromatic carbocycles. The number of ether oxygens (including phenoxy) is 2. The van der Waals surface area contributed by atoms with Crippen molar-refractivity contribution in [2.45, 2.75) is 31.9 Å². The van der Waals surface area contributed by atoms with E-state index in [0.717, 1.165) is 26.0 Å². The predicted octanol–water partition coefficient (Wildman–Crippen LogP) is 2.30. The van der Waals surface area contributed by atoms with Crippen molar-refractivity contribution in [3.05, 3.63) is 35.4 Å². The summed E-state index contributed by atoms with van der Waals surface area (Å²) in [5.74, 6) is -0.296. The van der Waals surface area contributed by atoms with Gasteiger partial charge >= 0.3 is 5.97 Å². The Kier molecular flexibility index (Phi) is 4.93. The molecule has 4 nitrogen and oxygen atoms in total. The minimum atomic E-state index is -0.296. The Balaban J connectivity index is 2.03. The van der Waals surface area contributed by atoms with Crippen molar-refractivity contribution in [2.75, 3.05) is 20.3 Å². The van der Waals surface area contributed by atoms with E-state index in [9.17, 15) is 4.79 Å². The molecule has 0 spiro atoms. The molecule has 0 bridgehead atoms. The third-order valence-corrected chi connectivity index (χ3v) is 3.49. The highest BCUT2D eigenvalue weighted by Gasteiger charge is 2.23. The van der Waals surface area contributed by atoms with Gasteiger partial charge in [0.25, 0.3) is 0 Å². The summed E-state index contributed by atoms with van der Waals surface area (Å²) in [6.07, 6.45) is 2.37. The summed E-state index contributed by atoms with van der Waals surface area (Å²) in [7, 11) is 1.39. The number of carbonyl (C=O) groups excluding carboxylic acids is 1. The second-order valence-electron chi connectivity index (χ2n) is 4.72. The van der Waals surface area contributed by atoms with Crippen molar-refractivity contribution in [3.63, 3.8) is 0 Å². The molecule has 0 aromatic heterocycles. The minimum absolute atomic E-state index is 0.296. The fourth-order valence-electron chi connectivity index (χ4n) is 2.49. The maximum Gasteiger partial charge on any atom is 0.337 e. The fraction of sp³-hybridized carbons (Fsp3) is 0.533. The number of piperidine rings is 1. The van der Waals surface area contributed by atoms with Crippen LogP contribution in [-0.4, -0.2) is 32.3 Å². The summed E-state index contributed by atoms with van der Waals surface area (Å²) >= 11 is 0. The molecule has 1 heterocycles. The zero-order valence-electron chi connectivity index (χ0n) is 11.5. The van der Waals surface area contributed by atoms with Crippen LogP contribution >= 0.6 is 0 Å². The highest BCUT2D eigenvalue weighted by atomic mass is 16.5. The predicted molar refractivity (Wildman–Crippen MR) is 73.2 cm³/mol. The topological polar surface area (TPSA) is 47.6 Å². The van der Waals surface area contributed by atoms with Crippen LogP contribution in [0.4, 0.5) is 0 Å². The molecule has 0 amide bonds. The van der Waals surface area contributed by atoms with Crippen molar-refractivity contribution in [1.29, 1.82) is 0 Å². The first kappa shape index (κ1) is 14.0. The van der Waals surface area contributed by atoms with Gasteiger partial charge in [-0.05, 0) is 44.0 Å². The van der Waals surface area contributed by atoms with Crippen molar-refractivity contribution in [1.82, 2.24) is 5.32 Å². The van der Waals surface area contributed by atoms with E-state index in [4.69, 9.17) is 9.47 Å². The number of methoxy groups -OCH3 is 1. The second kappa shape index (κ2) is 6.68. The monoisotopic (exact) mass is 263 g/mol. The van der Waals surface area contributed by atoms with Crippen molar-refractivity contribution < 1.29 is 14.3 Å². The largest absolute Gasteiger partial charge is 0.465 e. The zero-order chi connectivity index (χ0) is 13.7. The second-order valence-corrected chi connectivity index (χ2v) is 4.72. The summed E-state index contributed by atoms with van der Waals surface area (Å²) in [4.78, 5) is 11.4. The van der Waals surface area contributed by atoms with E-state index in [1.165, 1.54) is 12.7 Å². The highest BCUT2D eigenvalue weighted by Crippen LogP contribution is 2.25. The number of carbonyl (C=O) groups is 1. The Hall–Kier alpha value is -1.39. The van der Waals surface area contributed by atoms with E-state index in [1.54, 1.807) is 0 Å². The van der Waals surface area contributed by atoms with Gasteiger partial charge in [-0.3, -0.25) is 0 Å². The molecule has 19 heavy (non-hydrogen) atoms. The van der Waals surface area contributed by atoms with Gasteiger partial charge in [0.1, 0.15) is 0 Å². The average molecular weight is 263 g/mol. The average Bonchev–Trinajstić information content (AvgIpc) is 2.47. The van der Waals surface area contributed by atoms with Crippen molar-refractivity contribution >= 4 is 5.97 Å². The molecule has 0 radical (unpaired) electrons. The van der Waals surface area contributed by atoms with Crippen LogP contribution in [0.5, 0.6) is 0 Å². The van der Waals surface area contributed by atoms with Crippen LogP contribution in [0.3, 0.4) is 0 Å². The highest BCUT2D eigenvalue weighted by molar-refractivity contribution is 5.89. The first-order valence-corrected chi connectivity index (χ1v) is 6.77. The molecule has 104 valence electrons. The van der Waals surface area contributed by atoms with Gasteiger partial charge in [-0.15, -0.1) is 0 Å². The lowest BCUT2D eigenvalue weighted by molar-refractivity contribution is 0.0297. The number of benzene rings is 1. The first-order chi connectivity index (χ1) is 9.24. The van der Waals surface area contributed by atoms with E-state index in [1.807, 2.05) is 31.2 Å². The summed E-state index contributed by atoms with van der Waals surface area (Å²) in [5.41, 5.74) is 1.78. The Bertz CT molecular complexity index is 414. The van der Waals surface area contributed by atoms with Gasteiger partial charge in [-0.1, -0.05) is 12.1 Å². The molecule has 1 aromatic rings. The SMILES string of the molecule is CCO[C@@H]1CCN[C@@H](c2ccc(C(=O)OC)cc2)C1. The van der Waals surface area contributed by atoms with E-state index in [-0.39, 0.29) is 5.97 Å². The number of hydrogen-bond acceptors (Lipinski definition) is 4. The third-order valence-electron chi connectivity index (χ3n) is 3.49. The molecule has 1 fully saturated rings. The van der Waals surface area contributed by atoms with E-state index < -0.39 is 0 Å². The van der Waals surface area contributed by atoms with Crippen LogP contribution in [0.1, 0.15) is 41.7 Å². The van der Waals surface area contributed by atoms with E-state index in [0.29, 0.717) is 17.7 Å². The standard InChI is InChI=1S/C15H21NO3/c1-3-19-13-8-9-16-14(10-13)11-4-6-12(7-5-11)15(17)18-2/h4-7,13-14,16H,3,8-10H2,1-2H3/t13-,14-/m1/s1. The van der Waals surface area contributed by atoms with Crippen molar-refractivity contribution in [3.8, 4) is 0 Å². The van der Waals surface area contributed by atoms with Crippen LogP contribution in [0.25, 0.3) is 0 Å². The van der Waals surface area contributed by atoms with Crippen LogP contribution in [-0.2, 0) is 9.47 Å². The van der Waals surface area contributed by atoms with Gasteiger partial charge in [-0.2, -0.15) is 0 Å². The number of esters is 1. The molecular formula is C15H21NO3. The maximum absolute atomic E-state index is 11.4.